The third-order valence-electron chi connectivity index (χ3n) is 6.21. The second-order valence-corrected chi connectivity index (χ2v) is 7.17. The number of phenolic OH excluding ortho intramolecular Hbond substituents is 1. The summed E-state index contributed by atoms with van der Waals surface area (Å²) in [6, 6.07) is 4.18. The summed E-state index contributed by atoms with van der Waals surface area (Å²) in [6.07, 6.45) is 4.08. The molecule has 0 amide bonds. The molecule has 1 aromatic carbocycles. The zero-order valence-electron chi connectivity index (χ0n) is 14.7. The highest BCUT2D eigenvalue weighted by molar-refractivity contribution is 5.96. The lowest BCUT2D eigenvalue weighted by atomic mass is 9.53. The zero-order chi connectivity index (χ0) is 17.1. The smallest absolute Gasteiger partial charge is 0.197 e. The van der Waals surface area contributed by atoms with Gasteiger partial charge in [0.05, 0.1) is 14.2 Å². The summed E-state index contributed by atoms with van der Waals surface area (Å²) in [5.41, 5.74) is 1.68. The van der Waals surface area contributed by atoms with E-state index in [1.54, 1.807) is 14.2 Å². The summed E-state index contributed by atoms with van der Waals surface area (Å²) >= 11 is 0. The number of methoxy groups -OCH3 is 2. The van der Waals surface area contributed by atoms with Crippen LogP contribution in [0.4, 0.5) is 0 Å². The summed E-state index contributed by atoms with van der Waals surface area (Å²) in [5.74, 6) is 1.32. The van der Waals surface area contributed by atoms with Crippen molar-refractivity contribution in [3.8, 4) is 11.5 Å². The summed E-state index contributed by atoms with van der Waals surface area (Å²) < 4.78 is 10.6. The number of likely N-dealkylation sites (tertiary alicyclic amines) is 1. The number of carbonyl (C=O) groups is 1. The van der Waals surface area contributed by atoms with Crippen molar-refractivity contribution in [2.45, 2.75) is 30.7 Å². The van der Waals surface area contributed by atoms with Gasteiger partial charge in [0.15, 0.2) is 23.0 Å². The Labute approximate surface area is 154 Å². The van der Waals surface area contributed by atoms with Gasteiger partial charge in [0.2, 0.25) is 0 Å². The molecule has 1 aromatic rings. The monoisotopic (exact) mass is 364 g/mol. The number of carbonyl (C=O) groups excluding carboxylic acids is 1. The van der Waals surface area contributed by atoms with Crippen molar-refractivity contribution in [3.63, 3.8) is 0 Å². The molecule has 0 unspecified atom stereocenters. The molecule has 4 rings (SSSR count). The number of nitrogens with zero attached hydrogens (tertiary/aromatic N) is 1. The van der Waals surface area contributed by atoms with Gasteiger partial charge in [-0.3, -0.25) is 4.79 Å². The topological polar surface area (TPSA) is 59.0 Å². The van der Waals surface area contributed by atoms with Crippen molar-refractivity contribution in [2.75, 3.05) is 27.8 Å². The first-order valence-corrected chi connectivity index (χ1v) is 8.40. The number of halogens is 1. The first-order valence-electron chi connectivity index (χ1n) is 8.40. The Balaban J connectivity index is 0.00000182. The Morgan fingerprint density at radius 3 is 2.72 bits per heavy atom. The van der Waals surface area contributed by atoms with Crippen LogP contribution in [0.2, 0.25) is 0 Å². The lowest BCUT2D eigenvalue weighted by Gasteiger charge is -2.56. The number of phenols is 1. The molecule has 3 aliphatic rings. The van der Waals surface area contributed by atoms with Crippen LogP contribution in [0.3, 0.4) is 0 Å². The van der Waals surface area contributed by atoms with Gasteiger partial charge in [0.1, 0.15) is 0 Å². The molecule has 136 valence electrons. The van der Waals surface area contributed by atoms with Gasteiger partial charge in [0.25, 0.3) is 0 Å². The Kier molecular flexibility index (Phi) is 4.50. The minimum atomic E-state index is -0.359. The lowest BCUT2D eigenvalue weighted by molar-refractivity contribution is -0.122. The van der Waals surface area contributed by atoms with Crippen LogP contribution in [0, 0.1) is 5.92 Å². The number of ketones is 1. The first kappa shape index (κ1) is 18.1. The van der Waals surface area contributed by atoms with E-state index < -0.39 is 0 Å². The first-order chi connectivity index (χ1) is 11.5. The maximum atomic E-state index is 12.6. The maximum absolute atomic E-state index is 12.6. The predicted octanol–water partition coefficient (Wildman–Crippen LogP) is -0.978. The molecule has 2 aliphatic carbocycles. The van der Waals surface area contributed by atoms with Crippen LogP contribution in [0.15, 0.2) is 24.0 Å². The molecule has 6 heteroatoms. The Morgan fingerprint density at radius 1 is 1.28 bits per heavy atom. The van der Waals surface area contributed by atoms with E-state index >= 15 is 0 Å². The predicted molar refractivity (Wildman–Crippen MR) is 89.3 cm³/mol. The summed E-state index contributed by atoms with van der Waals surface area (Å²) in [6.45, 7) is 0.917. The number of hydrogen-bond acceptors (Lipinski definition) is 5. The van der Waals surface area contributed by atoms with Gasteiger partial charge in [-0.05, 0) is 44.1 Å². The van der Waals surface area contributed by atoms with Gasteiger partial charge in [-0.1, -0.05) is 6.07 Å². The average molecular weight is 365 g/mol. The van der Waals surface area contributed by atoms with Crippen LogP contribution >= 0.6 is 0 Å². The number of fused-ring (bicyclic) bond motifs is 1. The van der Waals surface area contributed by atoms with E-state index in [4.69, 9.17) is 9.47 Å². The second-order valence-electron chi connectivity index (χ2n) is 7.17. The largest absolute Gasteiger partial charge is 1.00 e. The lowest BCUT2D eigenvalue weighted by Crippen LogP contribution is -3.00. The van der Waals surface area contributed by atoms with Crippen LogP contribution in [0.5, 0.6) is 11.5 Å². The minimum absolute atomic E-state index is 0. The van der Waals surface area contributed by atoms with Crippen molar-refractivity contribution in [3.05, 3.63) is 35.1 Å². The fourth-order valence-electron chi connectivity index (χ4n) is 5.03. The highest BCUT2D eigenvalue weighted by Crippen LogP contribution is 2.57. The number of Topliss-reactive ketones (excluding diaryl/α,β-unsaturated/α-hetero) is 1. The van der Waals surface area contributed by atoms with Crippen LogP contribution in [0.25, 0.3) is 0 Å². The summed E-state index contributed by atoms with van der Waals surface area (Å²) in [7, 11) is 5.25. The zero-order valence-corrected chi connectivity index (χ0v) is 15.5. The molecule has 1 aliphatic heterocycles. The van der Waals surface area contributed by atoms with Crippen LogP contribution in [-0.2, 0) is 21.4 Å². The number of likely N-dealkylation sites (N-methyl/N-ethyl adjacent to an activating group) is 1. The summed E-state index contributed by atoms with van der Waals surface area (Å²) in [4.78, 5) is 15.0. The van der Waals surface area contributed by atoms with Crippen LogP contribution in [-0.4, -0.2) is 49.6 Å². The summed E-state index contributed by atoms with van der Waals surface area (Å²) in [5, 5.41) is 10.9. The highest BCUT2D eigenvalue weighted by atomic mass is 35.5. The van der Waals surface area contributed by atoms with E-state index in [1.807, 2.05) is 18.2 Å². The van der Waals surface area contributed by atoms with E-state index in [0.717, 1.165) is 30.5 Å². The van der Waals surface area contributed by atoms with Gasteiger partial charge in [-0.25, -0.2) is 0 Å². The van der Waals surface area contributed by atoms with Crippen molar-refractivity contribution >= 4 is 5.78 Å². The Hall–Kier alpha value is -1.72. The van der Waals surface area contributed by atoms with E-state index in [-0.39, 0.29) is 35.3 Å². The quantitative estimate of drug-likeness (QED) is 0.731. The van der Waals surface area contributed by atoms with Gasteiger partial charge in [0, 0.05) is 29.4 Å². The number of rotatable bonds is 2. The highest BCUT2D eigenvalue weighted by Gasteiger charge is 2.56. The third-order valence-corrected chi connectivity index (χ3v) is 6.21. The Morgan fingerprint density at radius 2 is 2.04 bits per heavy atom. The molecule has 0 spiro atoms. The number of allylic oxidation sites excluding steroid dienone is 1. The van der Waals surface area contributed by atoms with Crippen molar-refractivity contribution in [1.29, 1.82) is 0 Å². The van der Waals surface area contributed by atoms with E-state index in [2.05, 4.69) is 11.9 Å². The average Bonchev–Trinajstić information content (AvgIpc) is 2.57. The third kappa shape index (κ3) is 2.36. The maximum Gasteiger partial charge on any atom is 0.197 e. The Bertz CT molecular complexity index is 747. The van der Waals surface area contributed by atoms with E-state index in [1.165, 1.54) is 0 Å². The van der Waals surface area contributed by atoms with Crippen molar-refractivity contribution in [2.24, 2.45) is 5.92 Å². The van der Waals surface area contributed by atoms with E-state index in [9.17, 15) is 9.90 Å². The van der Waals surface area contributed by atoms with Crippen LogP contribution in [0.1, 0.15) is 24.0 Å². The number of aromatic hydroxyl groups is 1. The number of hydrogen-bond donors (Lipinski definition) is 1. The molecule has 1 heterocycles. The normalized spacial score (nSPS) is 30.5. The van der Waals surface area contributed by atoms with Gasteiger partial charge in [-0.2, -0.15) is 0 Å². The molecule has 25 heavy (non-hydrogen) atoms. The molecule has 5 nitrogen and oxygen atoms in total. The molecular formula is C19H23ClNO4-. The molecule has 2 bridgehead atoms. The standard InChI is InChI=1S/C19H23NO4.ClH/c1-20-7-6-19-10-14(21)16(24-3)9-12(19)13(20)8-11-4-5-15(23-2)18(22)17(11)19;/h4-5,9,12-13,22H,6-8,10H2,1-3H3;1H/p-1/t12-,13-,19+;/m1./s1. The molecule has 1 saturated heterocycles. The number of piperidine rings is 1. The van der Waals surface area contributed by atoms with E-state index in [0.29, 0.717) is 24.0 Å². The number of ether oxygens (including phenoxy) is 2. The fraction of sp³-hybridized carbons (Fsp3) is 0.526. The second kappa shape index (κ2) is 6.22. The fourth-order valence-corrected chi connectivity index (χ4v) is 5.03. The van der Waals surface area contributed by atoms with Crippen molar-refractivity contribution < 1.29 is 31.8 Å². The molecule has 0 radical (unpaired) electrons. The minimum Gasteiger partial charge on any atom is -1.00 e. The molecule has 1 fully saturated rings. The molecule has 1 N–H and O–H groups in total. The molecule has 0 aromatic heterocycles. The van der Waals surface area contributed by atoms with Gasteiger partial charge < -0.3 is 31.9 Å². The van der Waals surface area contributed by atoms with Crippen molar-refractivity contribution in [1.82, 2.24) is 4.90 Å². The molecule has 0 saturated carbocycles. The SMILES string of the molecule is COC1=C[C@@H]2[C@H]3Cc4ccc(OC)c(O)c4[C@@]2(CCN3C)CC1=O.[Cl-]. The van der Waals surface area contributed by atoms with Gasteiger partial charge >= 0.3 is 0 Å². The van der Waals surface area contributed by atoms with Gasteiger partial charge in [-0.15, -0.1) is 0 Å². The molecular weight excluding hydrogens is 342 g/mol. The molecule has 3 atom stereocenters. The van der Waals surface area contributed by atoms with Crippen LogP contribution < -0.4 is 17.1 Å². The number of benzene rings is 1.